The normalized spacial score (nSPS) is 12.1. The van der Waals surface area contributed by atoms with Gasteiger partial charge in [0.2, 0.25) is 0 Å². The maximum atomic E-state index is 10.2. The zero-order valence-electron chi connectivity index (χ0n) is 21.8. The van der Waals surface area contributed by atoms with Crippen molar-refractivity contribution in [1.29, 1.82) is 0 Å². The summed E-state index contributed by atoms with van der Waals surface area (Å²) < 4.78 is 0. The Bertz CT molecular complexity index is 1390. The van der Waals surface area contributed by atoms with Crippen LogP contribution in [0.2, 0.25) is 0 Å². The molecular weight excluding hydrogens is 480 g/mol. The van der Waals surface area contributed by atoms with Crippen LogP contribution in [0, 0.1) is 0 Å². The van der Waals surface area contributed by atoms with Crippen LogP contribution in [0.1, 0.15) is 65.3 Å². The van der Waals surface area contributed by atoms with Crippen LogP contribution in [-0.4, -0.2) is 30.6 Å². The third-order valence-corrected chi connectivity index (χ3v) is 7.81. The Balaban J connectivity index is 1.86. The lowest BCUT2D eigenvalue weighted by molar-refractivity contribution is 0.274. The van der Waals surface area contributed by atoms with E-state index in [1.165, 1.54) is 0 Å². The molecule has 198 valence electrons. The quantitative estimate of drug-likeness (QED) is 0.185. The van der Waals surface area contributed by atoms with Crippen LogP contribution >= 0.6 is 0 Å². The lowest BCUT2D eigenvalue weighted by Crippen LogP contribution is -2.26. The van der Waals surface area contributed by atoms with Crippen molar-refractivity contribution in [3.05, 3.63) is 123 Å². The van der Waals surface area contributed by atoms with E-state index in [-0.39, 0.29) is 37.1 Å². The molecule has 4 aromatic rings. The van der Waals surface area contributed by atoms with Gasteiger partial charge in [0.05, 0.1) is 19.8 Å². The van der Waals surface area contributed by atoms with Crippen molar-refractivity contribution in [3.8, 4) is 17.2 Å². The van der Waals surface area contributed by atoms with Gasteiger partial charge in [-0.2, -0.15) is 0 Å². The Morgan fingerprint density at radius 2 is 0.763 bits per heavy atom. The molecule has 0 radical (unpaired) electrons. The van der Waals surface area contributed by atoms with Gasteiger partial charge in [0.1, 0.15) is 17.2 Å². The SMILES string of the molecule is CC(C)(c1ccc(C(C)(c2ccc(O)c(CO)c2)c2ccc(O)c(CO)c2)cc1)c1ccc(O)c(CO)c1. The van der Waals surface area contributed by atoms with Gasteiger partial charge < -0.3 is 30.6 Å². The highest BCUT2D eigenvalue weighted by atomic mass is 16.3. The number of aliphatic hydroxyl groups is 3. The van der Waals surface area contributed by atoms with E-state index in [1.54, 1.807) is 30.3 Å². The molecule has 0 saturated carbocycles. The second-order valence-electron chi connectivity index (χ2n) is 10.3. The fraction of sp³-hybridized carbons (Fsp3) is 0.250. The van der Waals surface area contributed by atoms with Crippen LogP contribution in [0.25, 0.3) is 0 Å². The second kappa shape index (κ2) is 10.5. The molecule has 0 saturated heterocycles. The number of aromatic hydroxyl groups is 3. The summed E-state index contributed by atoms with van der Waals surface area (Å²) in [5.74, 6) is 0.0765. The molecule has 6 N–H and O–H groups in total. The summed E-state index contributed by atoms with van der Waals surface area (Å²) in [6.07, 6.45) is 0. The molecule has 0 aliphatic rings. The molecule has 6 heteroatoms. The van der Waals surface area contributed by atoms with Crippen molar-refractivity contribution in [3.63, 3.8) is 0 Å². The van der Waals surface area contributed by atoms with E-state index in [9.17, 15) is 30.6 Å². The lowest BCUT2D eigenvalue weighted by atomic mass is 9.69. The third kappa shape index (κ3) is 4.74. The summed E-state index contributed by atoms with van der Waals surface area (Å²) in [7, 11) is 0. The van der Waals surface area contributed by atoms with Crippen molar-refractivity contribution in [2.45, 2.75) is 51.4 Å². The number of aliphatic hydroxyl groups excluding tert-OH is 3. The molecule has 4 aromatic carbocycles. The van der Waals surface area contributed by atoms with E-state index >= 15 is 0 Å². The summed E-state index contributed by atoms with van der Waals surface area (Å²) >= 11 is 0. The van der Waals surface area contributed by atoms with Crippen molar-refractivity contribution in [2.75, 3.05) is 0 Å². The van der Waals surface area contributed by atoms with Crippen LogP contribution in [0.4, 0.5) is 0 Å². The van der Waals surface area contributed by atoms with Crippen molar-refractivity contribution < 1.29 is 30.6 Å². The van der Waals surface area contributed by atoms with Gasteiger partial charge in [-0.25, -0.2) is 0 Å². The van der Waals surface area contributed by atoms with Gasteiger partial charge >= 0.3 is 0 Å². The standard InChI is InChI=1S/C32H34O6/c1-31(2,25-8-11-28(36)20(14-25)17-33)23-4-6-24(7-5-23)32(3,26-9-12-29(37)21(15-26)18-34)27-10-13-30(38)22(16-27)19-35/h4-16,33-38H,17-19H2,1-3H3. The Morgan fingerprint density at radius 1 is 0.447 bits per heavy atom. The van der Waals surface area contributed by atoms with E-state index in [0.29, 0.717) is 16.7 Å². The van der Waals surface area contributed by atoms with Crippen LogP contribution in [0.5, 0.6) is 17.2 Å². The maximum Gasteiger partial charge on any atom is 0.121 e. The van der Waals surface area contributed by atoms with Crippen LogP contribution < -0.4 is 0 Å². The minimum Gasteiger partial charge on any atom is -0.508 e. The highest BCUT2D eigenvalue weighted by Gasteiger charge is 2.33. The van der Waals surface area contributed by atoms with Crippen LogP contribution in [-0.2, 0) is 30.7 Å². The molecule has 0 atom stereocenters. The molecule has 0 aliphatic heterocycles. The molecule has 0 aliphatic carbocycles. The maximum absolute atomic E-state index is 10.2. The molecule has 38 heavy (non-hydrogen) atoms. The number of phenols is 3. The number of hydrogen-bond acceptors (Lipinski definition) is 6. The second-order valence-corrected chi connectivity index (χ2v) is 10.3. The largest absolute Gasteiger partial charge is 0.508 e. The van der Waals surface area contributed by atoms with Gasteiger partial charge in [0, 0.05) is 27.5 Å². The first kappa shape index (κ1) is 27.2. The van der Waals surface area contributed by atoms with Gasteiger partial charge in [-0.3, -0.25) is 0 Å². The predicted molar refractivity (Wildman–Crippen MR) is 146 cm³/mol. The number of benzene rings is 4. The van der Waals surface area contributed by atoms with Crippen molar-refractivity contribution >= 4 is 0 Å². The Kier molecular flexibility index (Phi) is 7.51. The van der Waals surface area contributed by atoms with E-state index < -0.39 is 10.8 Å². The minimum absolute atomic E-state index is 0.00796. The first-order chi connectivity index (χ1) is 18.1. The molecule has 0 heterocycles. The monoisotopic (exact) mass is 514 g/mol. The summed E-state index contributed by atoms with van der Waals surface area (Å²) in [5.41, 5.74) is 4.67. The summed E-state index contributed by atoms with van der Waals surface area (Å²) in [5, 5.41) is 59.6. The zero-order chi connectivity index (χ0) is 27.7. The molecule has 0 aromatic heterocycles. The summed E-state index contributed by atoms with van der Waals surface area (Å²) in [6, 6.07) is 23.7. The van der Waals surface area contributed by atoms with Gasteiger partial charge in [0.25, 0.3) is 0 Å². The van der Waals surface area contributed by atoms with Gasteiger partial charge in [-0.05, 0) is 71.1 Å². The van der Waals surface area contributed by atoms with E-state index in [2.05, 4.69) is 13.8 Å². The highest BCUT2D eigenvalue weighted by Crippen LogP contribution is 2.43. The van der Waals surface area contributed by atoms with E-state index in [4.69, 9.17) is 0 Å². The first-order valence-electron chi connectivity index (χ1n) is 12.5. The number of hydrogen-bond donors (Lipinski definition) is 6. The molecule has 0 unspecified atom stereocenters. The summed E-state index contributed by atoms with van der Waals surface area (Å²) in [4.78, 5) is 0. The fourth-order valence-electron chi connectivity index (χ4n) is 5.03. The smallest absolute Gasteiger partial charge is 0.121 e. The average molecular weight is 515 g/mol. The van der Waals surface area contributed by atoms with Gasteiger partial charge in [-0.15, -0.1) is 0 Å². The third-order valence-electron chi connectivity index (χ3n) is 7.81. The topological polar surface area (TPSA) is 121 Å². The molecule has 0 fully saturated rings. The number of rotatable bonds is 8. The molecular formula is C32H34O6. The molecule has 6 nitrogen and oxygen atoms in total. The Labute approximate surface area is 222 Å². The van der Waals surface area contributed by atoms with Crippen molar-refractivity contribution in [2.24, 2.45) is 0 Å². The predicted octanol–water partition coefficient (Wildman–Crippen LogP) is 4.96. The Hall–Kier alpha value is -3.84. The zero-order valence-corrected chi connectivity index (χ0v) is 21.8. The van der Waals surface area contributed by atoms with E-state index in [1.807, 2.05) is 55.5 Å². The van der Waals surface area contributed by atoms with Crippen LogP contribution in [0.15, 0.2) is 78.9 Å². The first-order valence-corrected chi connectivity index (χ1v) is 12.5. The molecule has 0 amide bonds. The highest BCUT2D eigenvalue weighted by molar-refractivity contribution is 5.55. The average Bonchev–Trinajstić information content (AvgIpc) is 2.93. The van der Waals surface area contributed by atoms with E-state index in [0.717, 1.165) is 27.8 Å². The minimum atomic E-state index is -0.749. The van der Waals surface area contributed by atoms with Crippen molar-refractivity contribution in [1.82, 2.24) is 0 Å². The lowest BCUT2D eigenvalue weighted by Gasteiger charge is -2.34. The Morgan fingerprint density at radius 3 is 1.16 bits per heavy atom. The van der Waals surface area contributed by atoms with Crippen LogP contribution in [0.3, 0.4) is 0 Å². The van der Waals surface area contributed by atoms with Gasteiger partial charge in [-0.1, -0.05) is 56.3 Å². The molecule has 0 spiro atoms. The van der Waals surface area contributed by atoms with Gasteiger partial charge in [0.15, 0.2) is 0 Å². The molecule has 0 bridgehead atoms. The summed E-state index contributed by atoms with van der Waals surface area (Å²) in [6.45, 7) is 5.30. The fourth-order valence-corrected chi connectivity index (χ4v) is 5.03. The molecule has 4 rings (SSSR count).